The van der Waals surface area contributed by atoms with E-state index in [1.54, 1.807) is 6.20 Å². The maximum atomic E-state index is 12.7. The summed E-state index contributed by atoms with van der Waals surface area (Å²) in [5.41, 5.74) is 7.18. The lowest BCUT2D eigenvalue weighted by atomic mass is 10.1. The molecule has 0 bridgehead atoms. The number of hydrogen-bond acceptors (Lipinski definition) is 2. The van der Waals surface area contributed by atoms with E-state index in [0.717, 1.165) is 17.6 Å². The maximum absolute atomic E-state index is 12.7. The summed E-state index contributed by atoms with van der Waals surface area (Å²) in [7, 11) is 0. The van der Waals surface area contributed by atoms with E-state index in [0.29, 0.717) is 6.54 Å². The lowest BCUT2D eigenvalue weighted by Gasteiger charge is -2.00. The summed E-state index contributed by atoms with van der Waals surface area (Å²) in [5, 5.41) is 0. The average molecular weight is 180 g/mol. The molecular formula is C10H13FN2. The number of pyridine rings is 1. The van der Waals surface area contributed by atoms with Crippen LogP contribution in [0.25, 0.3) is 5.57 Å². The van der Waals surface area contributed by atoms with Gasteiger partial charge in [-0.15, -0.1) is 0 Å². The molecule has 2 nitrogen and oxygen atoms in total. The molecular weight excluding hydrogens is 167 g/mol. The van der Waals surface area contributed by atoms with Crippen LogP contribution in [0.2, 0.25) is 0 Å². The molecule has 0 aromatic carbocycles. The standard InChI is InChI=1S/C10H13FN2/c1-8(3-2-4-12)9-5-10(11)7-13-6-9/h3,5-7H,2,4,12H2,1H3. The monoisotopic (exact) mass is 180 g/mol. The molecule has 3 heteroatoms. The summed E-state index contributed by atoms with van der Waals surface area (Å²) in [6.45, 7) is 2.53. The molecule has 2 N–H and O–H groups in total. The van der Waals surface area contributed by atoms with Gasteiger partial charge in [0.1, 0.15) is 5.82 Å². The van der Waals surface area contributed by atoms with Crippen molar-refractivity contribution < 1.29 is 4.39 Å². The molecule has 1 heterocycles. The topological polar surface area (TPSA) is 38.9 Å². The summed E-state index contributed by atoms with van der Waals surface area (Å²) in [6, 6.07) is 1.47. The van der Waals surface area contributed by atoms with Gasteiger partial charge in [-0.25, -0.2) is 4.39 Å². The first kappa shape index (κ1) is 9.86. The Bertz CT molecular complexity index is 308. The molecule has 0 saturated carbocycles. The Labute approximate surface area is 77.3 Å². The molecule has 0 aliphatic rings. The first-order valence-corrected chi connectivity index (χ1v) is 4.22. The second kappa shape index (κ2) is 4.72. The molecule has 0 spiro atoms. The summed E-state index contributed by atoms with van der Waals surface area (Å²) in [5.74, 6) is -0.307. The van der Waals surface area contributed by atoms with Gasteiger partial charge >= 0.3 is 0 Å². The van der Waals surface area contributed by atoms with Crippen molar-refractivity contribution in [3.05, 3.63) is 35.9 Å². The normalized spacial score (nSPS) is 11.8. The summed E-state index contributed by atoms with van der Waals surface area (Å²) in [6.07, 6.45) is 5.63. The predicted octanol–water partition coefficient (Wildman–Crippen LogP) is 1.97. The van der Waals surface area contributed by atoms with Crippen LogP contribution in [0.4, 0.5) is 4.39 Å². The number of rotatable bonds is 3. The van der Waals surface area contributed by atoms with E-state index >= 15 is 0 Å². The zero-order chi connectivity index (χ0) is 9.68. The van der Waals surface area contributed by atoms with Gasteiger partial charge in [-0.3, -0.25) is 4.98 Å². The molecule has 0 amide bonds. The van der Waals surface area contributed by atoms with Crippen LogP contribution < -0.4 is 5.73 Å². The molecule has 0 fully saturated rings. The smallest absolute Gasteiger partial charge is 0.142 e. The van der Waals surface area contributed by atoms with Gasteiger partial charge in [0.2, 0.25) is 0 Å². The lowest BCUT2D eigenvalue weighted by molar-refractivity contribution is 0.621. The van der Waals surface area contributed by atoms with Crippen molar-refractivity contribution in [2.75, 3.05) is 6.54 Å². The van der Waals surface area contributed by atoms with E-state index in [-0.39, 0.29) is 5.82 Å². The maximum Gasteiger partial charge on any atom is 0.142 e. The van der Waals surface area contributed by atoms with Crippen molar-refractivity contribution in [2.45, 2.75) is 13.3 Å². The highest BCUT2D eigenvalue weighted by atomic mass is 19.1. The van der Waals surface area contributed by atoms with Crippen LogP contribution in [-0.2, 0) is 0 Å². The van der Waals surface area contributed by atoms with E-state index in [9.17, 15) is 4.39 Å². The summed E-state index contributed by atoms with van der Waals surface area (Å²) < 4.78 is 12.7. The van der Waals surface area contributed by atoms with Crippen LogP contribution in [0.3, 0.4) is 0 Å². The molecule has 1 aromatic rings. The van der Waals surface area contributed by atoms with Gasteiger partial charge in [0.25, 0.3) is 0 Å². The second-order valence-electron chi connectivity index (χ2n) is 2.86. The minimum Gasteiger partial charge on any atom is -0.330 e. The molecule has 0 unspecified atom stereocenters. The SMILES string of the molecule is CC(=CCCN)c1cncc(F)c1. The molecule has 13 heavy (non-hydrogen) atoms. The quantitative estimate of drug-likeness (QED) is 0.772. The Morgan fingerprint density at radius 3 is 3.00 bits per heavy atom. The molecule has 0 radical (unpaired) electrons. The third kappa shape index (κ3) is 2.95. The highest BCUT2D eigenvalue weighted by Gasteiger charge is 1.97. The Balaban J connectivity index is 2.82. The van der Waals surface area contributed by atoms with E-state index < -0.39 is 0 Å². The summed E-state index contributed by atoms with van der Waals surface area (Å²) in [4.78, 5) is 3.77. The van der Waals surface area contributed by atoms with Gasteiger partial charge in [0, 0.05) is 6.20 Å². The largest absolute Gasteiger partial charge is 0.330 e. The average Bonchev–Trinajstić information content (AvgIpc) is 2.14. The van der Waals surface area contributed by atoms with Crippen LogP contribution in [0, 0.1) is 5.82 Å². The highest BCUT2D eigenvalue weighted by Crippen LogP contribution is 2.13. The van der Waals surface area contributed by atoms with Gasteiger partial charge in [-0.2, -0.15) is 0 Å². The zero-order valence-electron chi connectivity index (χ0n) is 7.63. The van der Waals surface area contributed by atoms with Crippen LogP contribution >= 0.6 is 0 Å². The fourth-order valence-electron chi connectivity index (χ4n) is 1.05. The molecule has 0 atom stereocenters. The van der Waals surface area contributed by atoms with Gasteiger partial charge in [-0.05, 0) is 37.1 Å². The van der Waals surface area contributed by atoms with Crippen LogP contribution in [0.15, 0.2) is 24.5 Å². The van der Waals surface area contributed by atoms with E-state index in [1.807, 2.05) is 13.0 Å². The lowest BCUT2D eigenvalue weighted by Crippen LogP contribution is -1.96. The molecule has 1 aromatic heterocycles. The number of nitrogens with zero attached hydrogens (tertiary/aromatic N) is 1. The van der Waals surface area contributed by atoms with Gasteiger partial charge in [0.05, 0.1) is 6.20 Å². The number of nitrogens with two attached hydrogens (primary N) is 1. The third-order valence-electron chi connectivity index (χ3n) is 1.78. The molecule has 0 saturated heterocycles. The van der Waals surface area contributed by atoms with Gasteiger partial charge in [0.15, 0.2) is 0 Å². The van der Waals surface area contributed by atoms with Gasteiger partial charge in [-0.1, -0.05) is 6.08 Å². The second-order valence-corrected chi connectivity index (χ2v) is 2.86. The third-order valence-corrected chi connectivity index (χ3v) is 1.78. The first-order valence-electron chi connectivity index (χ1n) is 4.22. The Hall–Kier alpha value is -1.22. The molecule has 1 rings (SSSR count). The molecule has 0 aliphatic carbocycles. The van der Waals surface area contributed by atoms with Crippen molar-refractivity contribution >= 4 is 5.57 Å². The number of aromatic nitrogens is 1. The van der Waals surface area contributed by atoms with Crippen LogP contribution in [0.5, 0.6) is 0 Å². The Morgan fingerprint density at radius 2 is 2.38 bits per heavy atom. The zero-order valence-corrected chi connectivity index (χ0v) is 7.63. The van der Waals surface area contributed by atoms with Crippen molar-refractivity contribution in [1.82, 2.24) is 4.98 Å². The Morgan fingerprint density at radius 1 is 1.62 bits per heavy atom. The summed E-state index contributed by atoms with van der Waals surface area (Å²) >= 11 is 0. The van der Waals surface area contributed by atoms with Gasteiger partial charge < -0.3 is 5.73 Å². The highest BCUT2D eigenvalue weighted by molar-refractivity contribution is 5.62. The first-order chi connectivity index (χ1) is 6.24. The van der Waals surface area contributed by atoms with E-state index in [1.165, 1.54) is 12.3 Å². The number of allylic oxidation sites excluding steroid dienone is 1. The van der Waals surface area contributed by atoms with Crippen molar-refractivity contribution in [3.8, 4) is 0 Å². The van der Waals surface area contributed by atoms with Crippen LogP contribution in [0.1, 0.15) is 18.9 Å². The number of halogens is 1. The Kier molecular flexibility index (Phi) is 3.58. The fraction of sp³-hybridized carbons (Fsp3) is 0.300. The van der Waals surface area contributed by atoms with Crippen LogP contribution in [-0.4, -0.2) is 11.5 Å². The minimum absolute atomic E-state index is 0.307. The molecule has 70 valence electrons. The number of hydrogen-bond donors (Lipinski definition) is 1. The fourth-order valence-corrected chi connectivity index (χ4v) is 1.05. The van der Waals surface area contributed by atoms with Crippen molar-refractivity contribution in [1.29, 1.82) is 0 Å². The van der Waals surface area contributed by atoms with Crippen molar-refractivity contribution in [2.24, 2.45) is 5.73 Å². The van der Waals surface area contributed by atoms with Crippen molar-refractivity contribution in [3.63, 3.8) is 0 Å². The minimum atomic E-state index is -0.307. The van der Waals surface area contributed by atoms with E-state index in [4.69, 9.17) is 5.73 Å². The molecule has 0 aliphatic heterocycles. The van der Waals surface area contributed by atoms with E-state index in [2.05, 4.69) is 4.98 Å². The predicted molar refractivity (Wildman–Crippen MR) is 51.5 cm³/mol.